The lowest BCUT2D eigenvalue weighted by molar-refractivity contribution is 0.0884. The van der Waals surface area contributed by atoms with Crippen LogP contribution in [0.5, 0.6) is 0 Å². The van der Waals surface area contributed by atoms with Gasteiger partial charge in [-0.3, -0.25) is 9.59 Å². The predicted molar refractivity (Wildman–Crippen MR) is 71.8 cm³/mol. The second kappa shape index (κ2) is 5.01. The molecule has 0 unspecified atom stereocenters. The monoisotopic (exact) mass is 372 g/mol. The van der Waals surface area contributed by atoms with E-state index in [9.17, 15) is 27.2 Å². The molecular weight excluding hydrogens is 368 g/mol. The number of Topliss-reactive ketones (excluding diaryl/α,β-unsaturated/α-hetero) is 2. The van der Waals surface area contributed by atoms with E-state index in [4.69, 9.17) is 0 Å². The maximum atomic E-state index is 14.0. The van der Waals surface area contributed by atoms with E-state index < -0.39 is 50.8 Å². The molecule has 0 radical (unpaired) electrons. The highest BCUT2D eigenvalue weighted by atomic mass is 79.9. The van der Waals surface area contributed by atoms with Gasteiger partial charge >= 0.3 is 0 Å². The van der Waals surface area contributed by atoms with Crippen LogP contribution in [-0.4, -0.2) is 11.6 Å². The number of benzene rings is 2. The van der Waals surface area contributed by atoms with E-state index in [2.05, 4.69) is 15.9 Å². The smallest absolute Gasteiger partial charge is 0.179 e. The SMILES string of the molecule is O=C1c2ccccc2C(=O)C1c1c(F)c(F)c(Br)c(F)c1F. The lowest BCUT2D eigenvalue weighted by Gasteiger charge is -2.12. The summed E-state index contributed by atoms with van der Waals surface area (Å²) in [7, 11) is 0. The fraction of sp³-hybridized carbons (Fsp3) is 0.0667. The third kappa shape index (κ3) is 1.85. The zero-order valence-electron chi connectivity index (χ0n) is 10.6. The van der Waals surface area contributed by atoms with Crippen molar-refractivity contribution < 1.29 is 27.2 Å². The number of ketones is 2. The lowest BCUT2D eigenvalue weighted by atomic mass is 9.93. The normalized spacial score (nSPS) is 14.6. The zero-order chi connectivity index (χ0) is 16.2. The van der Waals surface area contributed by atoms with E-state index in [1.807, 2.05) is 0 Å². The maximum Gasteiger partial charge on any atom is 0.179 e. The average molecular weight is 373 g/mol. The fourth-order valence-corrected chi connectivity index (χ4v) is 2.83. The standard InChI is InChI=1S/C15H5BrF4O2/c16-9-12(19)10(17)7(11(18)13(9)20)8-14(21)5-3-1-2-4-6(5)15(8)22/h1-4,8H. The van der Waals surface area contributed by atoms with Gasteiger partial charge < -0.3 is 0 Å². The Morgan fingerprint density at radius 3 is 1.59 bits per heavy atom. The molecular formula is C15H5BrF4O2. The summed E-state index contributed by atoms with van der Waals surface area (Å²) in [5.41, 5.74) is -1.26. The van der Waals surface area contributed by atoms with Crippen molar-refractivity contribution >= 4 is 27.5 Å². The molecule has 0 heterocycles. The van der Waals surface area contributed by atoms with Crippen LogP contribution in [-0.2, 0) is 0 Å². The Morgan fingerprint density at radius 1 is 0.773 bits per heavy atom. The summed E-state index contributed by atoms with van der Waals surface area (Å²) in [6.45, 7) is 0. The van der Waals surface area contributed by atoms with Crippen LogP contribution in [0.3, 0.4) is 0 Å². The van der Waals surface area contributed by atoms with Gasteiger partial charge in [-0.05, 0) is 15.9 Å². The molecule has 0 aromatic heterocycles. The van der Waals surface area contributed by atoms with E-state index >= 15 is 0 Å². The first-order valence-electron chi connectivity index (χ1n) is 6.05. The van der Waals surface area contributed by atoms with Crippen LogP contribution >= 0.6 is 15.9 Å². The van der Waals surface area contributed by atoms with Crippen LogP contribution in [0.1, 0.15) is 32.2 Å². The van der Waals surface area contributed by atoms with Crippen LogP contribution in [0.15, 0.2) is 28.7 Å². The van der Waals surface area contributed by atoms with E-state index in [0.717, 1.165) is 0 Å². The first kappa shape index (κ1) is 14.9. The molecule has 7 heteroatoms. The summed E-state index contributed by atoms with van der Waals surface area (Å²) >= 11 is 2.38. The third-order valence-electron chi connectivity index (χ3n) is 3.51. The lowest BCUT2D eigenvalue weighted by Crippen LogP contribution is -2.19. The van der Waals surface area contributed by atoms with Crippen LogP contribution in [0.2, 0.25) is 0 Å². The van der Waals surface area contributed by atoms with Gasteiger partial charge in [-0.25, -0.2) is 17.6 Å². The van der Waals surface area contributed by atoms with Crippen LogP contribution in [0.4, 0.5) is 17.6 Å². The summed E-state index contributed by atoms with van der Waals surface area (Å²) in [6, 6.07) is 5.58. The van der Waals surface area contributed by atoms with Crippen molar-refractivity contribution in [2.75, 3.05) is 0 Å². The van der Waals surface area contributed by atoms with Crippen molar-refractivity contribution in [1.29, 1.82) is 0 Å². The maximum absolute atomic E-state index is 14.0. The van der Waals surface area contributed by atoms with Gasteiger partial charge in [-0.2, -0.15) is 0 Å². The van der Waals surface area contributed by atoms with Crippen LogP contribution in [0, 0.1) is 23.3 Å². The first-order chi connectivity index (χ1) is 10.4. The summed E-state index contributed by atoms with van der Waals surface area (Å²) < 4.78 is 54.2. The van der Waals surface area contributed by atoms with Gasteiger partial charge in [-0.15, -0.1) is 0 Å². The fourth-order valence-electron chi connectivity index (χ4n) is 2.48. The van der Waals surface area contributed by atoms with Gasteiger partial charge in [-0.1, -0.05) is 24.3 Å². The molecule has 0 atom stereocenters. The molecule has 0 saturated carbocycles. The van der Waals surface area contributed by atoms with E-state index in [1.165, 1.54) is 24.3 Å². The number of rotatable bonds is 1. The average Bonchev–Trinajstić information content (AvgIpc) is 2.77. The highest BCUT2D eigenvalue weighted by molar-refractivity contribution is 9.10. The van der Waals surface area contributed by atoms with Gasteiger partial charge in [0.25, 0.3) is 0 Å². The van der Waals surface area contributed by atoms with Gasteiger partial charge in [0, 0.05) is 16.7 Å². The Kier molecular flexibility index (Phi) is 3.40. The topological polar surface area (TPSA) is 34.1 Å². The Morgan fingerprint density at radius 2 is 1.18 bits per heavy atom. The van der Waals surface area contributed by atoms with E-state index in [1.54, 1.807) is 0 Å². The molecule has 1 aliphatic carbocycles. The number of hydrogen-bond acceptors (Lipinski definition) is 2. The molecule has 0 amide bonds. The largest absolute Gasteiger partial charge is 0.293 e. The van der Waals surface area contributed by atoms with E-state index in [0.29, 0.717) is 0 Å². The van der Waals surface area contributed by atoms with Crippen molar-refractivity contribution in [2.45, 2.75) is 5.92 Å². The summed E-state index contributed by atoms with van der Waals surface area (Å²) in [4.78, 5) is 24.4. The quantitative estimate of drug-likeness (QED) is 0.326. The molecule has 0 fully saturated rings. The number of carbonyl (C=O) groups excluding carboxylic acids is 2. The minimum Gasteiger partial charge on any atom is -0.293 e. The van der Waals surface area contributed by atoms with Crippen molar-refractivity contribution in [3.05, 3.63) is 68.7 Å². The zero-order valence-corrected chi connectivity index (χ0v) is 12.2. The summed E-state index contributed by atoms with van der Waals surface area (Å²) in [5.74, 6) is -10.6. The Hall–Kier alpha value is -2.02. The number of fused-ring (bicyclic) bond motifs is 1. The van der Waals surface area contributed by atoms with Crippen molar-refractivity contribution in [3.8, 4) is 0 Å². The first-order valence-corrected chi connectivity index (χ1v) is 6.84. The highest BCUT2D eigenvalue weighted by Gasteiger charge is 2.44. The summed E-state index contributed by atoms with van der Waals surface area (Å²) in [6.07, 6.45) is 0. The molecule has 22 heavy (non-hydrogen) atoms. The van der Waals surface area contributed by atoms with Crippen LogP contribution < -0.4 is 0 Å². The predicted octanol–water partition coefficient (Wildman–Crippen LogP) is 4.17. The minimum absolute atomic E-state index is 0.0277. The molecule has 2 aromatic rings. The van der Waals surface area contributed by atoms with Crippen molar-refractivity contribution in [3.63, 3.8) is 0 Å². The molecule has 3 rings (SSSR count). The van der Waals surface area contributed by atoms with Gasteiger partial charge in [0.2, 0.25) is 0 Å². The van der Waals surface area contributed by atoms with E-state index in [-0.39, 0.29) is 11.1 Å². The molecule has 2 aromatic carbocycles. The highest BCUT2D eigenvalue weighted by Crippen LogP contribution is 2.39. The van der Waals surface area contributed by atoms with Crippen molar-refractivity contribution in [2.24, 2.45) is 0 Å². The van der Waals surface area contributed by atoms with Crippen LogP contribution in [0.25, 0.3) is 0 Å². The second-order valence-corrected chi connectivity index (χ2v) is 5.48. The molecule has 2 nitrogen and oxygen atoms in total. The third-order valence-corrected chi connectivity index (χ3v) is 4.21. The molecule has 0 aliphatic heterocycles. The van der Waals surface area contributed by atoms with Gasteiger partial charge in [0.05, 0.1) is 4.47 Å². The molecule has 0 bridgehead atoms. The van der Waals surface area contributed by atoms with Crippen molar-refractivity contribution in [1.82, 2.24) is 0 Å². The number of carbonyl (C=O) groups is 2. The molecule has 0 N–H and O–H groups in total. The Bertz CT molecular complexity index is 784. The minimum atomic E-state index is -1.92. The molecule has 1 aliphatic rings. The second-order valence-electron chi connectivity index (χ2n) is 4.69. The Labute approximate surface area is 129 Å². The molecule has 112 valence electrons. The molecule has 0 spiro atoms. The number of halogens is 5. The van der Waals surface area contributed by atoms with Gasteiger partial charge in [0.1, 0.15) is 5.92 Å². The Balaban J connectivity index is 2.27. The summed E-state index contributed by atoms with van der Waals surface area (Å²) in [5, 5.41) is 0. The van der Waals surface area contributed by atoms with Gasteiger partial charge in [0.15, 0.2) is 34.8 Å². The molecule has 0 saturated heterocycles. The number of hydrogen-bond donors (Lipinski definition) is 0.